The number of hydrogen-bond acceptors (Lipinski definition) is 4. The van der Waals surface area contributed by atoms with Crippen LogP contribution in [0.25, 0.3) is 0 Å². The molecule has 0 aliphatic carbocycles. The highest BCUT2D eigenvalue weighted by atomic mass is 79.9. The summed E-state index contributed by atoms with van der Waals surface area (Å²) in [6.45, 7) is 4.34. The first-order chi connectivity index (χ1) is 10.0. The zero-order valence-corrected chi connectivity index (χ0v) is 13.6. The zero-order valence-electron chi connectivity index (χ0n) is 12.0. The summed E-state index contributed by atoms with van der Waals surface area (Å²) in [5, 5.41) is 4.39. The third-order valence-corrected chi connectivity index (χ3v) is 4.01. The predicted octanol–water partition coefficient (Wildman–Crippen LogP) is 3.56. The van der Waals surface area contributed by atoms with Crippen LogP contribution >= 0.6 is 15.9 Å². The number of hydrogen-bond donors (Lipinski definition) is 1. The minimum absolute atomic E-state index is 0.151. The van der Waals surface area contributed by atoms with Gasteiger partial charge in [0.2, 0.25) is 0 Å². The summed E-state index contributed by atoms with van der Waals surface area (Å²) in [6.07, 6.45) is 2.90. The Kier molecular flexibility index (Phi) is 5.01. The van der Waals surface area contributed by atoms with E-state index in [0.717, 1.165) is 16.6 Å². The molecule has 1 unspecified atom stereocenters. The number of halogens is 1. The van der Waals surface area contributed by atoms with E-state index in [-0.39, 0.29) is 6.61 Å². The number of carbonyl (C=O) groups excluding carboxylic acids is 1. The highest BCUT2D eigenvalue weighted by Crippen LogP contribution is 2.20. The molecule has 0 fully saturated rings. The van der Waals surface area contributed by atoms with E-state index in [0.29, 0.717) is 17.3 Å². The number of carbonyl (C=O) groups is 1. The third-order valence-electron chi connectivity index (χ3n) is 3.29. The van der Waals surface area contributed by atoms with Crippen LogP contribution < -0.4 is 5.73 Å². The summed E-state index contributed by atoms with van der Waals surface area (Å²) in [5.41, 5.74) is 7.41. The van der Waals surface area contributed by atoms with Gasteiger partial charge in [-0.3, -0.25) is 4.68 Å². The SMILES string of the molecule is CCC(C)n1ccc(COC(=O)c2ccc(Br)c(N)c2)n1. The number of nitrogens with two attached hydrogens (primary N) is 1. The Hall–Kier alpha value is -1.82. The lowest BCUT2D eigenvalue weighted by molar-refractivity contribution is 0.0467. The number of nitrogen functional groups attached to an aromatic ring is 1. The van der Waals surface area contributed by atoms with Gasteiger partial charge < -0.3 is 10.5 Å². The molecule has 0 saturated carbocycles. The van der Waals surface area contributed by atoms with Gasteiger partial charge in [0.15, 0.2) is 0 Å². The van der Waals surface area contributed by atoms with Crippen LogP contribution in [0.2, 0.25) is 0 Å². The maximum Gasteiger partial charge on any atom is 0.338 e. The normalized spacial score (nSPS) is 12.1. The molecule has 2 rings (SSSR count). The molecule has 2 aromatic rings. The van der Waals surface area contributed by atoms with Gasteiger partial charge in [0.25, 0.3) is 0 Å². The minimum Gasteiger partial charge on any atom is -0.456 e. The van der Waals surface area contributed by atoms with E-state index in [2.05, 4.69) is 34.9 Å². The lowest BCUT2D eigenvalue weighted by Crippen LogP contribution is -2.08. The molecule has 21 heavy (non-hydrogen) atoms. The van der Waals surface area contributed by atoms with Gasteiger partial charge in [-0.05, 0) is 53.5 Å². The Bertz CT molecular complexity index is 640. The van der Waals surface area contributed by atoms with Crippen LogP contribution in [0.4, 0.5) is 5.69 Å². The maximum absolute atomic E-state index is 12.0. The van der Waals surface area contributed by atoms with Crippen molar-refractivity contribution in [3.63, 3.8) is 0 Å². The van der Waals surface area contributed by atoms with Crippen molar-refractivity contribution in [2.45, 2.75) is 32.9 Å². The second-order valence-corrected chi connectivity index (χ2v) is 5.71. The molecule has 0 aliphatic rings. The van der Waals surface area contributed by atoms with E-state index in [4.69, 9.17) is 10.5 Å². The Morgan fingerprint density at radius 1 is 1.48 bits per heavy atom. The van der Waals surface area contributed by atoms with Gasteiger partial charge in [-0.2, -0.15) is 5.10 Å². The summed E-state index contributed by atoms with van der Waals surface area (Å²) >= 11 is 3.29. The number of anilines is 1. The van der Waals surface area contributed by atoms with Crippen molar-refractivity contribution in [1.82, 2.24) is 9.78 Å². The molecule has 0 bridgehead atoms. The molecule has 0 radical (unpaired) electrons. The van der Waals surface area contributed by atoms with Crippen molar-refractivity contribution >= 4 is 27.6 Å². The van der Waals surface area contributed by atoms with Gasteiger partial charge in [0, 0.05) is 22.4 Å². The second-order valence-electron chi connectivity index (χ2n) is 4.86. The second kappa shape index (κ2) is 6.76. The first-order valence-electron chi connectivity index (χ1n) is 6.77. The van der Waals surface area contributed by atoms with Crippen LogP contribution in [-0.2, 0) is 11.3 Å². The molecule has 6 heteroatoms. The van der Waals surface area contributed by atoms with E-state index in [1.807, 2.05) is 16.9 Å². The molecular weight excluding hydrogens is 334 g/mol. The monoisotopic (exact) mass is 351 g/mol. The van der Waals surface area contributed by atoms with E-state index in [9.17, 15) is 4.79 Å². The van der Waals surface area contributed by atoms with Crippen LogP contribution in [0.1, 0.15) is 42.4 Å². The van der Waals surface area contributed by atoms with Gasteiger partial charge in [-0.25, -0.2) is 4.79 Å². The Morgan fingerprint density at radius 2 is 2.24 bits per heavy atom. The predicted molar refractivity (Wildman–Crippen MR) is 84.9 cm³/mol. The first kappa shape index (κ1) is 15.6. The number of nitrogens with zero attached hydrogens (tertiary/aromatic N) is 2. The molecule has 1 heterocycles. The van der Waals surface area contributed by atoms with Crippen LogP contribution in [0.15, 0.2) is 34.9 Å². The fraction of sp³-hybridized carbons (Fsp3) is 0.333. The average molecular weight is 352 g/mol. The Balaban J connectivity index is 1.97. The number of ether oxygens (including phenoxy) is 1. The van der Waals surface area contributed by atoms with Gasteiger partial charge in [0.1, 0.15) is 6.61 Å². The van der Waals surface area contributed by atoms with Crippen molar-refractivity contribution in [2.75, 3.05) is 5.73 Å². The topological polar surface area (TPSA) is 70.1 Å². The molecule has 0 amide bonds. The molecule has 0 saturated heterocycles. The van der Waals surface area contributed by atoms with Gasteiger partial charge in [-0.1, -0.05) is 6.92 Å². The van der Waals surface area contributed by atoms with Crippen LogP contribution in [0, 0.1) is 0 Å². The summed E-state index contributed by atoms with van der Waals surface area (Å²) in [6, 6.07) is 7.17. The maximum atomic E-state index is 12.0. The van der Waals surface area contributed by atoms with Crippen molar-refractivity contribution in [1.29, 1.82) is 0 Å². The summed E-state index contributed by atoms with van der Waals surface area (Å²) < 4.78 is 7.88. The number of aromatic nitrogens is 2. The van der Waals surface area contributed by atoms with E-state index >= 15 is 0 Å². The van der Waals surface area contributed by atoms with Gasteiger partial charge in [0.05, 0.1) is 11.3 Å². The quantitative estimate of drug-likeness (QED) is 0.660. The smallest absolute Gasteiger partial charge is 0.338 e. The molecule has 1 aromatic heterocycles. The van der Waals surface area contributed by atoms with Crippen molar-refractivity contribution < 1.29 is 9.53 Å². The Morgan fingerprint density at radius 3 is 2.90 bits per heavy atom. The lowest BCUT2D eigenvalue weighted by atomic mass is 10.2. The first-order valence-corrected chi connectivity index (χ1v) is 7.56. The van der Waals surface area contributed by atoms with E-state index in [1.165, 1.54) is 0 Å². The molecular formula is C15H18BrN3O2. The Labute approximate surface area is 132 Å². The van der Waals surface area contributed by atoms with Crippen molar-refractivity contribution in [3.05, 3.63) is 46.2 Å². The fourth-order valence-corrected chi connectivity index (χ4v) is 2.03. The minimum atomic E-state index is -0.410. The number of benzene rings is 1. The molecule has 1 atom stereocenters. The zero-order chi connectivity index (χ0) is 15.4. The summed E-state index contributed by atoms with van der Waals surface area (Å²) in [4.78, 5) is 12.0. The van der Waals surface area contributed by atoms with Crippen LogP contribution in [0.3, 0.4) is 0 Å². The number of rotatable bonds is 5. The van der Waals surface area contributed by atoms with Crippen LogP contribution in [-0.4, -0.2) is 15.7 Å². The molecule has 5 nitrogen and oxygen atoms in total. The highest BCUT2D eigenvalue weighted by molar-refractivity contribution is 9.10. The molecule has 0 aliphatic heterocycles. The van der Waals surface area contributed by atoms with Crippen molar-refractivity contribution in [2.24, 2.45) is 0 Å². The molecule has 0 spiro atoms. The van der Waals surface area contributed by atoms with E-state index in [1.54, 1.807) is 18.2 Å². The molecule has 112 valence electrons. The van der Waals surface area contributed by atoms with Crippen LogP contribution in [0.5, 0.6) is 0 Å². The lowest BCUT2D eigenvalue weighted by Gasteiger charge is -2.08. The largest absolute Gasteiger partial charge is 0.456 e. The van der Waals surface area contributed by atoms with Gasteiger partial charge in [-0.15, -0.1) is 0 Å². The standard InChI is InChI=1S/C15H18BrN3O2/c1-3-10(2)19-7-6-12(18-19)9-21-15(20)11-4-5-13(16)14(17)8-11/h4-8,10H,3,9,17H2,1-2H3. The van der Waals surface area contributed by atoms with E-state index < -0.39 is 5.97 Å². The number of esters is 1. The highest BCUT2D eigenvalue weighted by Gasteiger charge is 2.11. The van der Waals surface area contributed by atoms with Gasteiger partial charge >= 0.3 is 5.97 Å². The molecule has 1 aromatic carbocycles. The average Bonchev–Trinajstić information content (AvgIpc) is 2.95. The fourth-order valence-electron chi connectivity index (χ4n) is 1.78. The molecule has 2 N–H and O–H groups in total. The summed E-state index contributed by atoms with van der Waals surface area (Å²) in [7, 11) is 0. The third kappa shape index (κ3) is 3.85. The van der Waals surface area contributed by atoms with Crippen molar-refractivity contribution in [3.8, 4) is 0 Å². The summed E-state index contributed by atoms with van der Waals surface area (Å²) in [5.74, 6) is -0.410.